The first-order valence-electron chi connectivity index (χ1n) is 5.39. The number of nitrogens with zero attached hydrogens (tertiary/aromatic N) is 2. The minimum absolute atomic E-state index is 0.0412. The van der Waals surface area contributed by atoms with Crippen LogP contribution in [0, 0.1) is 0 Å². The van der Waals surface area contributed by atoms with Crippen molar-refractivity contribution >= 4 is 43.6 Å². The molecule has 2 rings (SSSR count). The number of benzene rings is 1. The van der Waals surface area contributed by atoms with E-state index in [4.69, 9.17) is 5.73 Å². The zero-order valence-electron chi connectivity index (χ0n) is 9.81. The molecule has 2 aromatic rings. The SMILES string of the molecule is Cn1ncc(Br)c1C(N)CSc1ccc(Br)cc1. The molecular weight excluding hydrogens is 378 g/mol. The van der Waals surface area contributed by atoms with Crippen molar-refractivity contribution in [2.45, 2.75) is 10.9 Å². The van der Waals surface area contributed by atoms with Crippen molar-refractivity contribution in [3.8, 4) is 0 Å². The fourth-order valence-electron chi connectivity index (χ4n) is 1.63. The van der Waals surface area contributed by atoms with Gasteiger partial charge in [-0.2, -0.15) is 5.10 Å². The first-order chi connectivity index (χ1) is 8.58. The summed E-state index contributed by atoms with van der Waals surface area (Å²) in [5, 5.41) is 4.18. The molecule has 0 radical (unpaired) electrons. The quantitative estimate of drug-likeness (QED) is 0.808. The smallest absolute Gasteiger partial charge is 0.0698 e. The lowest BCUT2D eigenvalue weighted by Gasteiger charge is -2.12. The topological polar surface area (TPSA) is 43.8 Å². The average molecular weight is 391 g/mol. The molecule has 0 spiro atoms. The monoisotopic (exact) mass is 389 g/mol. The molecule has 1 atom stereocenters. The van der Waals surface area contributed by atoms with Crippen molar-refractivity contribution in [2.75, 3.05) is 5.75 Å². The average Bonchev–Trinajstić information content (AvgIpc) is 2.68. The van der Waals surface area contributed by atoms with Gasteiger partial charge in [0.25, 0.3) is 0 Å². The van der Waals surface area contributed by atoms with Crippen LogP contribution in [-0.2, 0) is 7.05 Å². The van der Waals surface area contributed by atoms with E-state index in [0.717, 1.165) is 20.4 Å². The summed E-state index contributed by atoms with van der Waals surface area (Å²) < 4.78 is 3.87. The highest BCUT2D eigenvalue weighted by atomic mass is 79.9. The van der Waals surface area contributed by atoms with E-state index in [2.05, 4.69) is 49.1 Å². The maximum atomic E-state index is 6.20. The fourth-order valence-corrected chi connectivity index (χ4v) is 3.40. The fraction of sp³-hybridized carbons (Fsp3) is 0.250. The largest absolute Gasteiger partial charge is 0.322 e. The highest BCUT2D eigenvalue weighted by Gasteiger charge is 2.14. The molecule has 3 nitrogen and oxygen atoms in total. The van der Waals surface area contributed by atoms with Crippen LogP contribution in [0.15, 0.2) is 44.3 Å². The molecule has 0 bridgehead atoms. The first kappa shape index (κ1) is 14.1. The summed E-state index contributed by atoms with van der Waals surface area (Å²) in [5.74, 6) is 0.819. The molecule has 2 N–H and O–H groups in total. The van der Waals surface area contributed by atoms with E-state index in [1.54, 1.807) is 18.0 Å². The lowest BCUT2D eigenvalue weighted by atomic mass is 10.2. The molecule has 0 aliphatic rings. The van der Waals surface area contributed by atoms with Crippen LogP contribution in [-0.4, -0.2) is 15.5 Å². The minimum Gasteiger partial charge on any atom is -0.322 e. The van der Waals surface area contributed by atoms with Gasteiger partial charge in [0, 0.05) is 22.2 Å². The summed E-state index contributed by atoms with van der Waals surface area (Å²) in [4.78, 5) is 1.21. The maximum absolute atomic E-state index is 6.20. The van der Waals surface area contributed by atoms with Gasteiger partial charge in [-0.15, -0.1) is 11.8 Å². The Labute approximate surface area is 127 Å². The number of rotatable bonds is 4. The van der Waals surface area contributed by atoms with Crippen LogP contribution in [0.25, 0.3) is 0 Å². The van der Waals surface area contributed by atoms with E-state index in [9.17, 15) is 0 Å². The van der Waals surface area contributed by atoms with E-state index in [-0.39, 0.29) is 6.04 Å². The Morgan fingerprint density at radius 1 is 1.33 bits per heavy atom. The van der Waals surface area contributed by atoms with Crippen molar-refractivity contribution in [1.82, 2.24) is 9.78 Å². The third-order valence-corrected chi connectivity index (χ3v) is 4.80. The van der Waals surface area contributed by atoms with Gasteiger partial charge in [0.1, 0.15) is 0 Å². The maximum Gasteiger partial charge on any atom is 0.0698 e. The summed E-state index contributed by atoms with van der Waals surface area (Å²) in [5.41, 5.74) is 7.23. The van der Waals surface area contributed by atoms with Gasteiger partial charge in [-0.25, -0.2) is 0 Å². The second-order valence-corrected chi connectivity index (χ2v) is 6.74. The molecule has 0 amide bonds. The first-order valence-corrected chi connectivity index (χ1v) is 7.96. The molecule has 1 unspecified atom stereocenters. The molecule has 0 aliphatic carbocycles. The number of hydrogen-bond acceptors (Lipinski definition) is 3. The Morgan fingerprint density at radius 2 is 2.00 bits per heavy atom. The summed E-state index contributed by atoms with van der Waals surface area (Å²) in [6.45, 7) is 0. The van der Waals surface area contributed by atoms with Crippen molar-refractivity contribution in [2.24, 2.45) is 12.8 Å². The standard InChI is InChI=1S/C12H13Br2N3S/c1-17-12(10(14)6-16-17)11(15)7-18-9-4-2-8(13)3-5-9/h2-6,11H,7,15H2,1H3. The number of hydrogen-bond donors (Lipinski definition) is 1. The number of aryl methyl sites for hydroxylation is 1. The van der Waals surface area contributed by atoms with Crippen LogP contribution in [0.3, 0.4) is 0 Å². The van der Waals surface area contributed by atoms with Crippen molar-refractivity contribution < 1.29 is 0 Å². The lowest BCUT2D eigenvalue weighted by Crippen LogP contribution is -2.17. The molecule has 0 saturated carbocycles. The van der Waals surface area contributed by atoms with Gasteiger partial charge in [0.15, 0.2) is 0 Å². The molecule has 0 fully saturated rings. The molecule has 1 aromatic carbocycles. The highest BCUT2D eigenvalue weighted by molar-refractivity contribution is 9.10. The Hall–Kier alpha value is -0.300. The predicted molar refractivity (Wildman–Crippen MR) is 82.7 cm³/mol. The van der Waals surface area contributed by atoms with E-state index in [1.807, 2.05) is 23.9 Å². The van der Waals surface area contributed by atoms with E-state index < -0.39 is 0 Å². The zero-order valence-corrected chi connectivity index (χ0v) is 13.8. The van der Waals surface area contributed by atoms with Gasteiger partial charge in [-0.1, -0.05) is 15.9 Å². The molecule has 0 saturated heterocycles. The summed E-state index contributed by atoms with van der Waals surface area (Å²) in [6, 6.07) is 8.20. The van der Waals surface area contributed by atoms with Crippen molar-refractivity contribution in [1.29, 1.82) is 0 Å². The van der Waals surface area contributed by atoms with E-state index in [1.165, 1.54) is 4.90 Å². The number of nitrogens with two attached hydrogens (primary N) is 1. The summed E-state index contributed by atoms with van der Waals surface area (Å²) in [7, 11) is 1.91. The third kappa shape index (κ3) is 3.38. The molecular formula is C12H13Br2N3S. The number of halogens is 2. The van der Waals surface area contributed by atoms with E-state index >= 15 is 0 Å². The lowest BCUT2D eigenvalue weighted by molar-refractivity contribution is 0.657. The van der Waals surface area contributed by atoms with Crippen LogP contribution in [0.4, 0.5) is 0 Å². The minimum atomic E-state index is -0.0412. The summed E-state index contributed by atoms with van der Waals surface area (Å²) in [6.07, 6.45) is 1.78. The zero-order chi connectivity index (χ0) is 13.1. The van der Waals surface area contributed by atoms with Gasteiger partial charge in [-0.05, 0) is 40.2 Å². The molecule has 0 aliphatic heterocycles. The Morgan fingerprint density at radius 3 is 2.56 bits per heavy atom. The number of thioether (sulfide) groups is 1. The second-order valence-electron chi connectivity index (χ2n) is 3.87. The van der Waals surface area contributed by atoms with Crippen LogP contribution in [0.2, 0.25) is 0 Å². The molecule has 1 heterocycles. The van der Waals surface area contributed by atoms with Crippen LogP contribution < -0.4 is 5.73 Å². The van der Waals surface area contributed by atoms with Crippen LogP contribution in [0.1, 0.15) is 11.7 Å². The second kappa shape index (κ2) is 6.23. The Bertz CT molecular complexity index is 505. The normalized spacial score (nSPS) is 12.7. The van der Waals surface area contributed by atoms with E-state index in [0.29, 0.717) is 0 Å². The van der Waals surface area contributed by atoms with Crippen LogP contribution in [0.5, 0.6) is 0 Å². The molecule has 6 heteroatoms. The van der Waals surface area contributed by atoms with Crippen LogP contribution >= 0.6 is 43.6 Å². The predicted octanol–water partition coefficient (Wildman–Crippen LogP) is 3.74. The molecule has 18 heavy (non-hydrogen) atoms. The Kier molecular flexibility index (Phi) is 4.89. The highest BCUT2D eigenvalue weighted by Crippen LogP contribution is 2.27. The van der Waals surface area contributed by atoms with Gasteiger partial charge in [0.05, 0.1) is 22.4 Å². The van der Waals surface area contributed by atoms with Crippen molar-refractivity contribution in [3.05, 3.63) is 45.1 Å². The van der Waals surface area contributed by atoms with Gasteiger partial charge in [0.2, 0.25) is 0 Å². The number of aromatic nitrogens is 2. The van der Waals surface area contributed by atoms with Gasteiger partial charge < -0.3 is 5.73 Å². The molecule has 96 valence electrons. The van der Waals surface area contributed by atoms with Crippen molar-refractivity contribution in [3.63, 3.8) is 0 Å². The molecule has 1 aromatic heterocycles. The third-order valence-electron chi connectivity index (χ3n) is 2.53. The summed E-state index contributed by atoms with van der Waals surface area (Å²) >= 11 is 8.64. The van der Waals surface area contributed by atoms with Gasteiger partial charge in [-0.3, -0.25) is 4.68 Å². The van der Waals surface area contributed by atoms with Gasteiger partial charge >= 0.3 is 0 Å². The Balaban J connectivity index is 2.00.